The van der Waals surface area contributed by atoms with Crippen LogP contribution in [0.4, 0.5) is 0 Å². The molecule has 2 aliphatic rings. The van der Waals surface area contributed by atoms with Gasteiger partial charge in [-0.05, 0) is 81.0 Å². The molecule has 1 amide bonds. The van der Waals surface area contributed by atoms with Crippen molar-refractivity contribution in [3.8, 4) is 0 Å². The summed E-state index contributed by atoms with van der Waals surface area (Å²) in [5.74, 6) is 0.107. The molecule has 4 nitrogen and oxygen atoms in total. The molecule has 0 spiro atoms. The van der Waals surface area contributed by atoms with E-state index in [1.54, 1.807) is 5.01 Å². The molecule has 2 aromatic rings. The second-order valence-electron chi connectivity index (χ2n) is 8.98. The molecule has 0 aromatic heterocycles. The van der Waals surface area contributed by atoms with Crippen LogP contribution in [0.1, 0.15) is 66.5 Å². The van der Waals surface area contributed by atoms with Gasteiger partial charge in [-0.2, -0.15) is 5.10 Å². The highest BCUT2D eigenvalue weighted by Crippen LogP contribution is 2.35. The Morgan fingerprint density at radius 3 is 2.57 bits per heavy atom. The van der Waals surface area contributed by atoms with Gasteiger partial charge in [0.05, 0.1) is 18.3 Å². The third-order valence-electron chi connectivity index (χ3n) is 6.83. The van der Waals surface area contributed by atoms with E-state index in [4.69, 9.17) is 5.10 Å². The van der Waals surface area contributed by atoms with Crippen molar-refractivity contribution in [2.75, 3.05) is 13.1 Å². The molecule has 1 saturated heterocycles. The highest BCUT2D eigenvalue weighted by atomic mass is 16.2. The Balaban J connectivity index is 1.64. The van der Waals surface area contributed by atoms with Crippen LogP contribution in [0, 0.1) is 20.8 Å². The molecule has 4 heteroatoms. The fourth-order valence-corrected chi connectivity index (χ4v) is 4.68. The maximum atomic E-state index is 13.4. The minimum absolute atomic E-state index is 0.0320. The highest BCUT2D eigenvalue weighted by molar-refractivity contribution is 6.03. The summed E-state index contributed by atoms with van der Waals surface area (Å²) in [6, 6.07) is 15.3. The van der Waals surface area contributed by atoms with E-state index >= 15 is 0 Å². The molecule has 0 N–H and O–H groups in total. The van der Waals surface area contributed by atoms with E-state index in [0.717, 1.165) is 24.2 Å². The van der Waals surface area contributed by atoms with E-state index in [-0.39, 0.29) is 11.9 Å². The van der Waals surface area contributed by atoms with Gasteiger partial charge in [0.25, 0.3) is 5.91 Å². The minimum Gasteiger partial charge on any atom is -0.292 e. The summed E-state index contributed by atoms with van der Waals surface area (Å²) in [6.07, 6.45) is 4.37. The molecule has 1 fully saturated rings. The molecule has 4 rings (SSSR count). The van der Waals surface area contributed by atoms with E-state index in [2.05, 4.69) is 75.1 Å². The fraction of sp³-hybridized carbons (Fsp3) is 0.462. The number of nitrogens with zero attached hydrogens (tertiary/aromatic N) is 3. The minimum atomic E-state index is -0.0320. The fourth-order valence-electron chi connectivity index (χ4n) is 4.68. The lowest BCUT2D eigenvalue weighted by molar-refractivity contribution is -0.135. The van der Waals surface area contributed by atoms with Crippen molar-refractivity contribution in [1.82, 2.24) is 9.91 Å². The predicted octanol–water partition coefficient (Wildman–Crippen LogP) is 5.16. The van der Waals surface area contributed by atoms with Gasteiger partial charge in [-0.25, -0.2) is 5.01 Å². The Hall–Kier alpha value is -2.46. The number of hydrogen-bond donors (Lipinski definition) is 0. The van der Waals surface area contributed by atoms with Crippen LogP contribution in [0.3, 0.4) is 0 Å². The van der Waals surface area contributed by atoms with Crippen molar-refractivity contribution < 1.29 is 4.79 Å². The Labute approximate surface area is 180 Å². The van der Waals surface area contributed by atoms with Gasteiger partial charge < -0.3 is 0 Å². The van der Waals surface area contributed by atoms with Gasteiger partial charge in [-0.3, -0.25) is 9.69 Å². The smallest absolute Gasteiger partial charge is 0.257 e. The zero-order chi connectivity index (χ0) is 21.3. The van der Waals surface area contributed by atoms with Crippen molar-refractivity contribution >= 4 is 11.6 Å². The molecule has 158 valence electrons. The van der Waals surface area contributed by atoms with Gasteiger partial charge in [0.15, 0.2) is 0 Å². The molecule has 30 heavy (non-hydrogen) atoms. The van der Waals surface area contributed by atoms with E-state index in [9.17, 15) is 4.79 Å². The lowest BCUT2D eigenvalue weighted by Crippen LogP contribution is -2.44. The Bertz CT molecular complexity index is 965. The number of rotatable bonds is 4. The molecule has 0 bridgehead atoms. The van der Waals surface area contributed by atoms with Gasteiger partial charge in [-0.1, -0.05) is 42.8 Å². The van der Waals surface area contributed by atoms with Crippen molar-refractivity contribution in [3.63, 3.8) is 0 Å². The van der Waals surface area contributed by atoms with Crippen LogP contribution in [-0.4, -0.2) is 40.7 Å². The average Bonchev–Trinajstić information content (AvgIpc) is 3.17. The summed E-state index contributed by atoms with van der Waals surface area (Å²) in [5, 5.41) is 6.66. The van der Waals surface area contributed by atoms with Gasteiger partial charge in [0, 0.05) is 12.5 Å². The average molecular weight is 404 g/mol. The number of carbonyl (C=O) groups excluding carboxylic acids is 1. The van der Waals surface area contributed by atoms with Crippen LogP contribution in [0.25, 0.3) is 0 Å². The summed E-state index contributed by atoms with van der Waals surface area (Å²) in [6.45, 7) is 10.1. The van der Waals surface area contributed by atoms with Gasteiger partial charge in [0.2, 0.25) is 0 Å². The van der Waals surface area contributed by atoms with Crippen LogP contribution < -0.4 is 0 Å². The van der Waals surface area contributed by atoms with Gasteiger partial charge in [0.1, 0.15) is 0 Å². The molecule has 2 heterocycles. The van der Waals surface area contributed by atoms with E-state index in [1.807, 2.05) is 0 Å². The third-order valence-corrected chi connectivity index (χ3v) is 6.83. The molecule has 0 saturated carbocycles. The third kappa shape index (κ3) is 4.20. The van der Waals surface area contributed by atoms with Crippen molar-refractivity contribution in [2.45, 2.75) is 65.5 Å². The molecule has 2 atom stereocenters. The highest BCUT2D eigenvalue weighted by Gasteiger charge is 2.35. The monoisotopic (exact) mass is 403 g/mol. The SMILES string of the molecule is Cc1ccc(C2=NN(C(=O)CN3CCCCC3C)C(c3ccccc3C)C2)cc1C. The van der Waals surface area contributed by atoms with Crippen LogP contribution in [-0.2, 0) is 4.79 Å². The number of piperidine rings is 1. The van der Waals surface area contributed by atoms with Crippen LogP contribution in [0.15, 0.2) is 47.6 Å². The lowest BCUT2D eigenvalue weighted by Gasteiger charge is -2.34. The largest absolute Gasteiger partial charge is 0.292 e. The van der Waals surface area contributed by atoms with Crippen LogP contribution in [0.5, 0.6) is 0 Å². The summed E-state index contributed by atoms with van der Waals surface area (Å²) in [4.78, 5) is 15.8. The van der Waals surface area contributed by atoms with Crippen molar-refractivity contribution in [1.29, 1.82) is 0 Å². The van der Waals surface area contributed by atoms with Gasteiger partial charge >= 0.3 is 0 Å². The first kappa shape index (κ1) is 20.8. The lowest BCUT2D eigenvalue weighted by atomic mass is 9.94. The van der Waals surface area contributed by atoms with Crippen molar-refractivity contribution in [3.05, 3.63) is 70.3 Å². The predicted molar refractivity (Wildman–Crippen MR) is 123 cm³/mol. The molecule has 2 aromatic carbocycles. The topological polar surface area (TPSA) is 35.9 Å². The molecule has 0 radical (unpaired) electrons. The number of likely N-dealkylation sites (tertiary alicyclic amines) is 1. The summed E-state index contributed by atoms with van der Waals surface area (Å²) < 4.78 is 0. The van der Waals surface area contributed by atoms with Crippen molar-refractivity contribution in [2.24, 2.45) is 5.10 Å². The molecular formula is C26H33N3O. The van der Waals surface area contributed by atoms with E-state index in [0.29, 0.717) is 12.6 Å². The Morgan fingerprint density at radius 1 is 1.03 bits per heavy atom. The number of amides is 1. The number of hydrazone groups is 1. The van der Waals surface area contributed by atoms with E-state index in [1.165, 1.54) is 41.5 Å². The van der Waals surface area contributed by atoms with Gasteiger partial charge in [-0.15, -0.1) is 0 Å². The second kappa shape index (κ2) is 8.73. The second-order valence-corrected chi connectivity index (χ2v) is 8.98. The number of benzene rings is 2. The summed E-state index contributed by atoms with van der Waals surface area (Å²) in [7, 11) is 0. The van der Waals surface area contributed by atoms with Crippen LogP contribution in [0.2, 0.25) is 0 Å². The molecule has 0 aliphatic carbocycles. The molecular weight excluding hydrogens is 370 g/mol. The zero-order valence-corrected chi connectivity index (χ0v) is 18.7. The normalized spacial score (nSPS) is 22.3. The zero-order valence-electron chi connectivity index (χ0n) is 18.7. The molecule has 2 unspecified atom stereocenters. The first-order valence-corrected chi connectivity index (χ1v) is 11.2. The number of aryl methyl sites for hydroxylation is 3. The standard InChI is InChI=1S/C26H33N3O/c1-18-12-13-22(15-20(18)3)24-16-25(23-11-6-5-9-19(23)2)29(27-24)26(30)17-28-14-8-7-10-21(28)4/h5-6,9,11-13,15,21,25H,7-8,10,14,16-17H2,1-4H3. The maximum Gasteiger partial charge on any atom is 0.257 e. The number of hydrogen-bond acceptors (Lipinski definition) is 3. The summed E-state index contributed by atoms with van der Waals surface area (Å²) >= 11 is 0. The van der Waals surface area contributed by atoms with Crippen LogP contribution >= 0.6 is 0 Å². The Kier molecular flexibility index (Phi) is 6.05. The van der Waals surface area contributed by atoms with E-state index < -0.39 is 0 Å². The molecule has 2 aliphatic heterocycles. The maximum absolute atomic E-state index is 13.4. The summed E-state index contributed by atoms with van der Waals surface area (Å²) in [5.41, 5.74) is 7.07. The first-order valence-electron chi connectivity index (χ1n) is 11.2. The number of carbonyl (C=O) groups is 1. The quantitative estimate of drug-likeness (QED) is 0.706. The Morgan fingerprint density at radius 2 is 1.83 bits per heavy atom. The first-order chi connectivity index (χ1) is 14.4.